The summed E-state index contributed by atoms with van der Waals surface area (Å²) in [4.78, 5) is 10.2. The van der Waals surface area contributed by atoms with Crippen LogP contribution in [0.3, 0.4) is 0 Å². The number of nitrogens with one attached hydrogen (secondary N) is 1. The molecule has 0 saturated carbocycles. The molecule has 0 aliphatic carbocycles. The molecule has 122 valence electrons. The molecule has 1 aliphatic heterocycles. The summed E-state index contributed by atoms with van der Waals surface area (Å²) in [5.74, 6) is 0. The van der Waals surface area contributed by atoms with Gasteiger partial charge in [0.25, 0.3) is 5.69 Å². The number of non-ortho nitro benzene ring substituents is 1. The zero-order chi connectivity index (χ0) is 16.4. The van der Waals surface area contributed by atoms with Crippen LogP contribution in [0.25, 0.3) is 0 Å². The van der Waals surface area contributed by atoms with E-state index in [4.69, 9.17) is 9.84 Å². The van der Waals surface area contributed by atoms with Gasteiger partial charge in [0.1, 0.15) is 24.4 Å². The smallest absolute Gasteiger partial charge is 0.269 e. The number of aryl methyl sites for hydroxylation is 1. The minimum absolute atomic E-state index is 0.0652. The third kappa shape index (κ3) is 3.18. The number of nitro groups is 1. The summed E-state index contributed by atoms with van der Waals surface area (Å²) in [5.41, 5.74) is 0.983. The van der Waals surface area contributed by atoms with E-state index in [1.54, 1.807) is 6.92 Å². The molecule has 9 heteroatoms. The molecule has 0 spiro atoms. The standard InChI is InChI=1S/C13H18N2O7/c1-6-4-7(15(20)21)2-3-8(6)14-13-11(19)10(18)12(22-13)9(17)5-16/h2-4,9-14,16-19H,5H2,1H3/t9-,10+,11+,12+,13+/m0/s1. The lowest BCUT2D eigenvalue weighted by Gasteiger charge is -2.20. The van der Waals surface area contributed by atoms with Gasteiger partial charge in [0.05, 0.1) is 11.5 Å². The number of hydrogen-bond donors (Lipinski definition) is 5. The van der Waals surface area contributed by atoms with Gasteiger partial charge >= 0.3 is 0 Å². The molecule has 5 N–H and O–H groups in total. The van der Waals surface area contributed by atoms with E-state index in [0.29, 0.717) is 11.3 Å². The Hall–Kier alpha value is -1.78. The summed E-state index contributed by atoms with van der Waals surface area (Å²) in [6, 6.07) is 4.12. The van der Waals surface area contributed by atoms with E-state index in [1.807, 2.05) is 0 Å². The van der Waals surface area contributed by atoms with Crippen molar-refractivity contribution in [3.63, 3.8) is 0 Å². The molecule has 1 aliphatic rings. The van der Waals surface area contributed by atoms with Crippen LogP contribution in [0.4, 0.5) is 11.4 Å². The summed E-state index contributed by atoms with van der Waals surface area (Å²) in [7, 11) is 0. The van der Waals surface area contributed by atoms with E-state index < -0.39 is 42.2 Å². The van der Waals surface area contributed by atoms with Gasteiger partial charge in [0, 0.05) is 17.8 Å². The monoisotopic (exact) mass is 314 g/mol. The van der Waals surface area contributed by atoms with E-state index in [1.165, 1.54) is 18.2 Å². The number of aliphatic hydroxyl groups excluding tert-OH is 4. The van der Waals surface area contributed by atoms with Crippen molar-refractivity contribution in [2.45, 2.75) is 37.6 Å². The molecule has 9 nitrogen and oxygen atoms in total. The van der Waals surface area contributed by atoms with Crippen LogP contribution in [-0.2, 0) is 4.74 Å². The van der Waals surface area contributed by atoms with Gasteiger partial charge in [-0.25, -0.2) is 0 Å². The lowest BCUT2D eigenvalue weighted by atomic mass is 10.1. The quantitative estimate of drug-likeness (QED) is 0.348. The summed E-state index contributed by atoms with van der Waals surface area (Å²) < 4.78 is 5.32. The van der Waals surface area contributed by atoms with Crippen LogP contribution >= 0.6 is 0 Å². The van der Waals surface area contributed by atoms with Crippen LogP contribution in [0.15, 0.2) is 18.2 Å². The minimum Gasteiger partial charge on any atom is -0.394 e. The maximum absolute atomic E-state index is 10.7. The number of nitro benzene ring substituents is 1. The van der Waals surface area contributed by atoms with Gasteiger partial charge in [-0.3, -0.25) is 10.1 Å². The largest absolute Gasteiger partial charge is 0.394 e. The highest BCUT2D eigenvalue weighted by Crippen LogP contribution is 2.28. The molecule has 1 aromatic carbocycles. The molecule has 1 fully saturated rings. The van der Waals surface area contributed by atoms with Crippen LogP contribution in [0.5, 0.6) is 0 Å². The molecule has 0 bridgehead atoms. The fourth-order valence-electron chi connectivity index (χ4n) is 2.32. The number of anilines is 1. The van der Waals surface area contributed by atoms with Gasteiger partial charge in [-0.2, -0.15) is 0 Å². The zero-order valence-corrected chi connectivity index (χ0v) is 11.8. The lowest BCUT2D eigenvalue weighted by molar-refractivity contribution is -0.384. The molecule has 1 heterocycles. The number of hydrogen-bond acceptors (Lipinski definition) is 8. The van der Waals surface area contributed by atoms with Crippen molar-refractivity contribution >= 4 is 11.4 Å². The summed E-state index contributed by atoms with van der Waals surface area (Å²) in [5, 5.41) is 51.7. The van der Waals surface area contributed by atoms with Gasteiger partial charge in [0.15, 0.2) is 6.23 Å². The second-order valence-electron chi connectivity index (χ2n) is 5.15. The Morgan fingerprint density at radius 2 is 2.09 bits per heavy atom. The van der Waals surface area contributed by atoms with E-state index in [-0.39, 0.29) is 5.69 Å². The van der Waals surface area contributed by atoms with Gasteiger partial charge in [-0.05, 0) is 18.6 Å². The van der Waals surface area contributed by atoms with Gasteiger partial charge < -0.3 is 30.5 Å². The number of benzene rings is 1. The number of nitrogens with zero attached hydrogens (tertiary/aromatic N) is 1. The van der Waals surface area contributed by atoms with Gasteiger partial charge in [-0.1, -0.05) is 0 Å². The molecular weight excluding hydrogens is 296 g/mol. The van der Waals surface area contributed by atoms with Crippen molar-refractivity contribution in [3.05, 3.63) is 33.9 Å². The van der Waals surface area contributed by atoms with E-state index >= 15 is 0 Å². The first-order chi connectivity index (χ1) is 10.3. The van der Waals surface area contributed by atoms with E-state index in [9.17, 15) is 25.4 Å². The molecule has 22 heavy (non-hydrogen) atoms. The molecule has 0 unspecified atom stereocenters. The van der Waals surface area contributed by atoms with Crippen molar-refractivity contribution in [1.29, 1.82) is 0 Å². The normalized spacial score (nSPS) is 29.3. The second kappa shape index (κ2) is 6.55. The predicted octanol–water partition coefficient (Wildman–Crippen LogP) is -0.885. The Balaban J connectivity index is 2.12. The highest BCUT2D eigenvalue weighted by atomic mass is 16.6. The second-order valence-corrected chi connectivity index (χ2v) is 5.15. The molecule has 0 aromatic heterocycles. The fraction of sp³-hybridized carbons (Fsp3) is 0.538. The Kier molecular flexibility index (Phi) is 4.94. The topological polar surface area (TPSA) is 145 Å². The van der Waals surface area contributed by atoms with E-state index in [2.05, 4.69) is 5.32 Å². The lowest BCUT2D eigenvalue weighted by Crippen LogP contribution is -2.40. The third-order valence-electron chi connectivity index (χ3n) is 3.59. The van der Waals surface area contributed by atoms with Crippen LogP contribution in [0, 0.1) is 17.0 Å². The predicted molar refractivity (Wildman–Crippen MR) is 75.2 cm³/mol. The Bertz CT molecular complexity index is 553. The average molecular weight is 314 g/mol. The summed E-state index contributed by atoms with van der Waals surface area (Å²) in [6.45, 7) is 1.03. The Morgan fingerprint density at radius 1 is 1.41 bits per heavy atom. The maximum Gasteiger partial charge on any atom is 0.269 e. The van der Waals surface area contributed by atoms with Gasteiger partial charge in [0.2, 0.25) is 0 Å². The van der Waals surface area contributed by atoms with Crippen LogP contribution < -0.4 is 5.32 Å². The van der Waals surface area contributed by atoms with Gasteiger partial charge in [-0.15, -0.1) is 0 Å². The fourth-order valence-corrected chi connectivity index (χ4v) is 2.32. The number of rotatable bonds is 5. The molecule has 5 atom stereocenters. The highest BCUT2D eigenvalue weighted by Gasteiger charge is 2.45. The van der Waals surface area contributed by atoms with Crippen molar-refractivity contribution in [1.82, 2.24) is 0 Å². The molecule has 0 radical (unpaired) electrons. The van der Waals surface area contributed by atoms with Crippen LogP contribution in [0.1, 0.15) is 5.56 Å². The van der Waals surface area contributed by atoms with Crippen molar-refractivity contribution in [2.24, 2.45) is 0 Å². The first-order valence-corrected chi connectivity index (χ1v) is 6.67. The zero-order valence-electron chi connectivity index (χ0n) is 11.8. The molecule has 0 amide bonds. The molecule has 2 rings (SSSR count). The highest BCUT2D eigenvalue weighted by molar-refractivity contribution is 5.55. The molecular formula is C13H18N2O7. The maximum atomic E-state index is 10.7. The summed E-state index contributed by atoms with van der Waals surface area (Å²) in [6.07, 6.45) is -6.15. The number of aliphatic hydroxyl groups is 4. The molecule has 1 saturated heterocycles. The Labute approximate surface area is 125 Å². The third-order valence-corrected chi connectivity index (χ3v) is 3.59. The summed E-state index contributed by atoms with van der Waals surface area (Å²) >= 11 is 0. The average Bonchev–Trinajstić information content (AvgIpc) is 2.76. The van der Waals surface area contributed by atoms with Crippen LogP contribution in [0.2, 0.25) is 0 Å². The molecule has 1 aromatic rings. The first-order valence-electron chi connectivity index (χ1n) is 6.67. The Morgan fingerprint density at radius 3 is 2.64 bits per heavy atom. The van der Waals surface area contributed by atoms with Crippen LogP contribution in [-0.4, -0.2) is 62.6 Å². The van der Waals surface area contributed by atoms with Crippen molar-refractivity contribution in [2.75, 3.05) is 11.9 Å². The van der Waals surface area contributed by atoms with E-state index in [0.717, 1.165) is 0 Å². The number of ether oxygens (including phenoxy) is 1. The SMILES string of the molecule is Cc1cc([N+](=O)[O-])ccc1N[C@@H]1O[C@H]([C@@H](O)CO)[C@H](O)[C@H]1O. The van der Waals surface area contributed by atoms with Crippen molar-refractivity contribution in [3.8, 4) is 0 Å². The first kappa shape index (κ1) is 16.6. The minimum atomic E-state index is -1.36. The van der Waals surface area contributed by atoms with Crippen molar-refractivity contribution < 1.29 is 30.1 Å².